The summed E-state index contributed by atoms with van der Waals surface area (Å²) in [7, 11) is 0. The standard InChI is InChI=1S/C18H23N5/c1-3-14-9-5-6-11-17(14)23-20-16(13-19)18(21-23)22-12-8-7-10-15(22)4-2/h5-6,9,11,15H,3-4,7-8,10,12H2,1-2H3. The molecule has 5 nitrogen and oxygen atoms in total. The van der Waals surface area contributed by atoms with Crippen LogP contribution in [0.15, 0.2) is 24.3 Å². The van der Waals surface area contributed by atoms with Crippen LogP contribution in [-0.4, -0.2) is 27.6 Å². The molecule has 120 valence electrons. The Bertz CT molecular complexity index is 712. The summed E-state index contributed by atoms with van der Waals surface area (Å²) in [6.45, 7) is 5.28. The molecule has 0 radical (unpaired) electrons. The Morgan fingerprint density at radius 2 is 2.04 bits per heavy atom. The smallest absolute Gasteiger partial charge is 0.207 e. The largest absolute Gasteiger partial charge is 0.350 e. The first-order valence-electron chi connectivity index (χ1n) is 8.50. The highest BCUT2D eigenvalue weighted by molar-refractivity contribution is 5.52. The highest BCUT2D eigenvalue weighted by Crippen LogP contribution is 2.27. The molecule has 5 heteroatoms. The molecule has 0 spiro atoms. The van der Waals surface area contributed by atoms with Crippen LogP contribution in [0.1, 0.15) is 50.8 Å². The first kappa shape index (κ1) is 15.5. The van der Waals surface area contributed by atoms with Crippen molar-refractivity contribution < 1.29 is 0 Å². The molecule has 0 N–H and O–H groups in total. The maximum Gasteiger partial charge on any atom is 0.207 e. The van der Waals surface area contributed by atoms with Gasteiger partial charge in [-0.05, 0) is 43.7 Å². The minimum Gasteiger partial charge on any atom is -0.350 e. The van der Waals surface area contributed by atoms with Crippen LogP contribution in [0.4, 0.5) is 5.82 Å². The van der Waals surface area contributed by atoms with Crippen molar-refractivity contribution in [2.24, 2.45) is 0 Å². The lowest BCUT2D eigenvalue weighted by Gasteiger charge is -2.35. The number of anilines is 1. The second kappa shape index (κ2) is 6.82. The Kier molecular flexibility index (Phi) is 4.61. The number of benzene rings is 1. The van der Waals surface area contributed by atoms with Gasteiger partial charge in [0.2, 0.25) is 5.69 Å². The van der Waals surface area contributed by atoms with Crippen LogP contribution in [0.25, 0.3) is 5.69 Å². The van der Waals surface area contributed by atoms with Crippen LogP contribution in [0.5, 0.6) is 0 Å². The molecule has 1 atom stereocenters. The van der Waals surface area contributed by atoms with E-state index in [0.29, 0.717) is 11.7 Å². The fourth-order valence-corrected chi connectivity index (χ4v) is 3.38. The molecule has 2 heterocycles. The van der Waals surface area contributed by atoms with Crippen molar-refractivity contribution in [2.75, 3.05) is 11.4 Å². The van der Waals surface area contributed by atoms with Crippen molar-refractivity contribution in [3.63, 3.8) is 0 Å². The lowest BCUT2D eigenvalue weighted by atomic mass is 10.00. The summed E-state index contributed by atoms with van der Waals surface area (Å²) in [4.78, 5) is 3.91. The van der Waals surface area contributed by atoms with Gasteiger partial charge in [-0.2, -0.15) is 5.26 Å². The summed E-state index contributed by atoms with van der Waals surface area (Å²) < 4.78 is 0. The summed E-state index contributed by atoms with van der Waals surface area (Å²) in [5.41, 5.74) is 2.57. The Balaban J connectivity index is 2.03. The molecule has 0 aliphatic carbocycles. The molecule has 1 unspecified atom stereocenters. The van der Waals surface area contributed by atoms with Gasteiger partial charge in [-0.1, -0.05) is 32.0 Å². The maximum absolute atomic E-state index is 9.50. The fraction of sp³-hybridized carbons (Fsp3) is 0.500. The lowest BCUT2D eigenvalue weighted by Crippen LogP contribution is -2.39. The third-order valence-electron chi connectivity index (χ3n) is 4.66. The van der Waals surface area contributed by atoms with Crippen molar-refractivity contribution in [3.8, 4) is 11.8 Å². The minimum atomic E-state index is 0.427. The monoisotopic (exact) mass is 309 g/mol. The molecule has 23 heavy (non-hydrogen) atoms. The molecule has 1 aromatic heterocycles. The third-order valence-corrected chi connectivity index (χ3v) is 4.66. The van der Waals surface area contributed by atoms with E-state index in [1.165, 1.54) is 18.4 Å². The van der Waals surface area contributed by atoms with Gasteiger partial charge in [0.05, 0.1) is 5.69 Å². The average Bonchev–Trinajstić information content (AvgIpc) is 3.05. The molecule has 0 bridgehead atoms. The van der Waals surface area contributed by atoms with E-state index in [4.69, 9.17) is 5.10 Å². The van der Waals surface area contributed by atoms with Crippen molar-refractivity contribution in [3.05, 3.63) is 35.5 Å². The molecule has 0 saturated carbocycles. The van der Waals surface area contributed by atoms with Crippen molar-refractivity contribution >= 4 is 5.82 Å². The highest BCUT2D eigenvalue weighted by Gasteiger charge is 2.27. The first-order chi connectivity index (χ1) is 11.3. The fourth-order valence-electron chi connectivity index (χ4n) is 3.38. The number of para-hydroxylation sites is 1. The average molecular weight is 309 g/mol. The number of aromatic nitrogens is 3. The van der Waals surface area contributed by atoms with E-state index >= 15 is 0 Å². The van der Waals surface area contributed by atoms with E-state index in [9.17, 15) is 5.26 Å². The SMILES string of the molecule is CCc1ccccc1-n1nc(C#N)c(N2CCCCC2CC)n1. The van der Waals surface area contributed by atoms with Gasteiger partial charge in [-0.25, -0.2) is 0 Å². The predicted molar refractivity (Wildman–Crippen MR) is 90.7 cm³/mol. The Morgan fingerprint density at radius 3 is 2.78 bits per heavy atom. The van der Waals surface area contributed by atoms with Gasteiger partial charge in [-0.15, -0.1) is 15.0 Å². The van der Waals surface area contributed by atoms with Crippen LogP contribution in [0.2, 0.25) is 0 Å². The summed E-state index contributed by atoms with van der Waals surface area (Å²) in [6, 6.07) is 10.8. The van der Waals surface area contributed by atoms with Gasteiger partial charge in [0, 0.05) is 12.6 Å². The number of nitriles is 1. The van der Waals surface area contributed by atoms with E-state index < -0.39 is 0 Å². The van der Waals surface area contributed by atoms with Crippen molar-refractivity contribution in [1.29, 1.82) is 5.26 Å². The van der Waals surface area contributed by atoms with E-state index in [1.54, 1.807) is 4.80 Å². The maximum atomic E-state index is 9.50. The molecule has 0 amide bonds. The predicted octanol–water partition coefficient (Wildman–Crippen LogP) is 3.47. The van der Waals surface area contributed by atoms with E-state index in [-0.39, 0.29) is 0 Å². The van der Waals surface area contributed by atoms with Crippen molar-refractivity contribution in [2.45, 2.75) is 52.0 Å². The molecule has 1 saturated heterocycles. The molecule has 1 aliphatic heterocycles. The number of nitrogens with zero attached hydrogens (tertiary/aromatic N) is 5. The van der Waals surface area contributed by atoms with E-state index in [2.05, 4.69) is 36.0 Å². The zero-order valence-corrected chi connectivity index (χ0v) is 13.9. The second-order valence-corrected chi connectivity index (χ2v) is 6.01. The van der Waals surface area contributed by atoms with Crippen LogP contribution >= 0.6 is 0 Å². The molecule has 1 aliphatic rings. The number of aryl methyl sites for hydroxylation is 1. The normalized spacial score (nSPS) is 18.0. The van der Waals surface area contributed by atoms with Crippen LogP contribution in [-0.2, 0) is 6.42 Å². The lowest BCUT2D eigenvalue weighted by molar-refractivity contribution is 0.445. The number of rotatable bonds is 4. The molecular formula is C18H23N5. The van der Waals surface area contributed by atoms with Crippen LogP contribution < -0.4 is 4.90 Å². The summed E-state index contributed by atoms with van der Waals surface area (Å²) in [5, 5.41) is 18.6. The quantitative estimate of drug-likeness (QED) is 0.867. The van der Waals surface area contributed by atoms with E-state index in [1.807, 2.05) is 18.2 Å². The van der Waals surface area contributed by atoms with Gasteiger partial charge >= 0.3 is 0 Å². The molecule has 3 rings (SSSR count). The van der Waals surface area contributed by atoms with Gasteiger partial charge < -0.3 is 4.90 Å². The van der Waals surface area contributed by atoms with Crippen molar-refractivity contribution in [1.82, 2.24) is 15.0 Å². The van der Waals surface area contributed by atoms with Gasteiger partial charge in [0.1, 0.15) is 6.07 Å². The van der Waals surface area contributed by atoms with E-state index in [0.717, 1.165) is 37.3 Å². The Morgan fingerprint density at radius 1 is 1.22 bits per heavy atom. The molecule has 1 aromatic carbocycles. The Labute approximate surface area is 137 Å². The van der Waals surface area contributed by atoms with Gasteiger partial charge in [0.15, 0.2) is 5.82 Å². The molecular weight excluding hydrogens is 286 g/mol. The van der Waals surface area contributed by atoms with Crippen LogP contribution in [0, 0.1) is 11.3 Å². The topological polar surface area (TPSA) is 57.7 Å². The summed E-state index contributed by atoms with van der Waals surface area (Å²) >= 11 is 0. The highest BCUT2D eigenvalue weighted by atomic mass is 15.5. The molecule has 2 aromatic rings. The summed E-state index contributed by atoms with van der Waals surface area (Å²) in [5.74, 6) is 0.741. The molecule has 1 fully saturated rings. The second-order valence-electron chi connectivity index (χ2n) is 6.01. The number of hydrogen-bond donors (Lipinski definition) is 0. The van der Waals surface area contributed by atoms with Gasteiger partial charge in [0.25, 0.3) is 0 Å². The zero-order valence-electron chi connectivity index (χ0n) is 13.9. The van der Waals surface area contributed by atoms with Crippen LogP contribution in [0.3, 0.4) is 0 Å². The zero-order chi connectivity index (χ0) is 16.2. The Hall–Kier alpha value is -2.35. The number of hydrogen-bond acceptors (Lipinski definition) is 4. The third kappa shape index (κ3) is 2.94. The van der Waals surface area contributed by atoms with Gasteiger partial charge in [-0.3, -0.25) is 0 Å². The first-order valence-corrected chi connectivity index (χ1v) is 8.50. The minimum absolute atomic E-state index is 0.427. The number of piperidine rings is 1. The summed E-state index contributed by atoms with van der Waals surface area (Å²) in [6.07, 6.45) is 5.56.